The summed E-state index contributed by atoms with van der Waals surface area (Å²) in [6.07, 6.45) is 2.72. The van der Waals surface area contributed by atoms with Crippen molar-refractivity contribution >= 4 is 29.2 Å². The largest absolute Gasteiger partial charge is 0.490 e. The number of aromatic nitrogens is 2. The van der Waals surface area contributed by atoms with Crippen LogP contribution >= 0.6 is 11.6 Å². The molecule has 142 valence electrons. The van der Waals surface area contributed by atoms with Crippen LogP contribution in [0, 0.1) is 10.1 Å². The van der Waals surface area contributed by atoms with E-state index in [0.717, 1.165) is 0 Å². The number of hydrogen-bond acceptors (Lipinski definition) is 7. The summed E-state index contributed by atoms with van der Waals surface area (Å²) in [5.74, 6) is 0.145. The number of hydrazone groups is 1. The van der Waals surface area contributed by atoms with Gasteiger partial charge in [0.1, 0.15) is 10.7 Å². The van der Waals surface area contributed by atoms with E-state index in [1.165, 1.54) is 36.3 Å². The minimum atomic E-state index is -0.548. The number of nitrogens with one attached hydrogen (secondary N) is 1. The van der Waals surface area contributed by atoms with Crippen molar-refractivity contribution < 1.29 is 9.66 Å². The Labute approximate surface area is 164 Å². The van der Waals surface area contributed by atoms with E-state index in [0.29, 0.717) is 11.3 Å². The summed E-state index contributed by atoms with van der Waals surface area (Å²) in [7, 11) is 1.35. The van der Waals surface area contributed by atoms with Gasteiger partial charge in [-0.15, -0.1) is 0 Å². The Morgan fingerprint density at radius 3 is 2.71 bits per heavy atom. The molecule has 0 fully saturated rings. The predicted molar refractivity (Wildman–Crippen MR) is 106 cm³/mol. The van der Waals surface area contributed by atoms with Gasteiger partial charge in [-0.2, -0.15) is 14.9 Å². The Morgan fingerprint density at radius 2 is 2.04 bits per heavy atom. The molecule has 1 N–H and O–H groups in total. The van der Waals surface area contributed by atoms with Crippen molar-refractivity contribution in [1.29, 1.82) is 0 Å². The zero-order chi connectivity index (χ0) is 20.1. The fraction of sp³-hybridized carbons (Fsp3) is 0.0556. The van der Waals surface area contributed by atoms with Crippen LogP contribution in [-0.4, -0.2) is 28.0 Å². The topological polar surface area (TPSA) is 112 Å². The third-order valence-corrected chi connectivity index (χ3v) is 4.08. The summed E-state index contributed by atoms with van der Waals surface area (Å²) in [4.78, 5) is 22.9. The van der Waals surface area contributed by atoms with E-state index in [4.69, 9.17) is 16.3 Å². The fourth-order valence-corrected chi connectivity index (χ4v) is 2.54. The van der Waals surface area contributed by atoms with Gasteiger partial charge in [-0.25, -0.2) is 0 Å². The van der Waals surface area contributed by atoms with Crippen molar-refractivity contribution in [3.8, 4) is 11.4 Å². The number of nitrogens with zero attached hydrogens (tertiary/aromatic N) is 4. The Morgan fingerprint density at radius 1 is 1.29 bits per heavy atom. The lowest BCUT2D eigenvalue weighted by molar-refractivity contribution is -0.385. The maximum atomic E-state index is 12.4. The fourth-order valence-electron chi connectivity index (χ4n) is 2.37. The highest BCUT2D eigenvalue weighted by Gasteiger charge is 2.14. The minimum Gasteiger partial charge on any atom is -0.490 e. The molecule has 28 heavy (non-hydrogen) atoms. The number of ether oxygens (including phenoxy) is 1. The third kappa shape index (κ3) is 3.99. The molecule has 0 saturated heterocycles. The van der Waals surface area contributed by atoms with Gasteiger partial charge in [-0.05, 0) is 24.3 Å². The van der Waals surface area contributed by atoms with Gasteiger partial charge in [-0.3, -0.25) is 20.3 Å². The van der Waals surface area contributed by atoms with Crippen LogP contribution in [-0.2, 0) is 0 Å². The number of rotatable bonds is 6. The molecule has 0 amide bonds. The van der Waals surface area contributed by atoms with Crippen LogP contribution in [0.25, 0.3) is 5.69 Å². The van der Waals surface area contributed by atoms with Crippen molar-refractivity contribution in [3.05, 3.63) is 85.8 Å². The first kappa shape index (κ1) is 19.1. The molecule has 1 heterocycles. The van der Waals surface area contributed by atoms with Crippen LogP contribution in [0.5, 0.6) is 5.75 Å². The van der Waals surface area contributed by atoms with Crippen molar-refractivity contribution in [1.82, 2.24) is 9.78 Å². The van der Waals surface area contributed by atoms with E-state index in [2.05, 4.69) is 15.6 Å². The van der Waals surface area contributed by atoms with Crippen LogP contribution in [0.15, 0.2) is 64.6 Å². The summed E-state index contributed by atoms with van der Waals surface area (Å²) in [5.41, 5.74) is 3.17. The van der Waals surface area contributed by atoms with E-state index in [1.807, 2.05) is 6.07 Å². The number of nitro benzene ring substituents is 1. The highest BCUT2D eigenvalue weighted by Crippen LogP contribution is 2.27. The first-order valence-corrected chi connectivity index (χ1v) is 8.34. The molecule has 10 heteroatoms. The monoisotopic (exact) mass is 399 g/mol. The third-order valence-electron chi connectivity index (χ3n) is 3.72. The maximum Gasteiger partial charge on any atom is 0.311 e. The average molecular weight is 400 g/mol. The molecule has 9 nitrogen and oxygen atoms in total. The van der Waals surface area contributed by atoms with Gasteiger partial charge < -0.3 is 4.74 Å². The molecular weight excluding hydrogens is 386 g/mol. The lowest BCUT2D eigenvalue weighted by atomic mass is 10.2. The Kier molecular flexibility index (Phi) is 5.66. The van der Waals surface area contributed by atoms with E-state index in [1.54, 1.807) is 30.3 Å². The first-order valence-electron chi connectivity index (χ1n) is 7.96. The van der Waals surface area contributed by atoms with E-state index in [9.17, 15) is 14.9 Å². The molecule has 2 aromatic carbocycles. The second kappa shape index (κ2) is 8.31. The summed E-state index contributed by atoms with van der Waals surface area (Å²) in [6.45, 7) is 0. The van der Waals surface area contributed by atoms with Crippen LogP contribution in [0.1, 0.15) is 5.56 Å². The highest BCUT2D eigenvalue weighted by molar-refractivity contribution is 6.32. The van der Waals surface area contributed by atoms with Gasteiger partial charge in [-0.1, -0.05) is 29.8 Å². The lowest BCUT2D eigenvalue weighted by Crippen LogP contribution is -2.22. The number of hydrogen-bond donors (Lipinski definition) is 1. The van der Waals surface area contributed by atoms with E-state index in [-0.39, 0.29) is 22.1 Å². The second-order valence-electron chi connectivity index (χ2n) is 5.48. The number of halogens is 1. The van der Waals surface area contributed by atoms with Gasteiger partial charge in [0.15, 0.2) is 5.75 Å². The minimum absolute atomic E-state index is 0.0864. The number of methoxy groups -OCH3 is 1. The van der Waals surface area contributed by atoms with Crippen LogP contribution in [0.3, 0.4) is 0 Å². The molecular formula is C18H14ClN5O4. The van der Waals surface area contributed by atoms with Crippen LogP contribution < -0.4 is 15.7 Å². The summed E-state index contributed by atoms with van der Waals surface area (Å²) >= 11 is 6.12. The molecule has 0 atom stereocenters. The SMILES string of the molecule is COc1ccc(/C=N/Nc2cnn(-c3ccccc3)c(=O)c2Cl)cc1[N+](=O)[O-]. The first-order chi connectivity index (χ1) is 13.5. The summed E-state index contributed by atoms with van der Waals surface area (Å²) in [5, 5.41) is 19.0. The normalized spacial score (nSPS) is 10.8. The average Bonchev–Trinajstić information content (AvgIpc) is 2.71. The van der Waals surface area contributed by atoms with E-state index >= 15 is 0 Å². The standard InChI is InChI=1S/C18H14ClN5O4/c1-28-16-8-7-12(9-15(16)24(26)27)10-20-22-14-11-21-23(18(25)17(14)19)13-5-3-2-4-6-13/h2-11,22H,1H3/b20-10+. The molecule has 0 unspecified atom stereocenters. The quantitative estimate of drug-likeness (QED) is 0.387. The van der Waals surface area contributed by atoms with Crippen LogP contribution in [0.4, 0.5) is 11.4 Å². The Hall–Kier alpha value is -3.72. The second-order valence-corrected chi connectivity index (χ2v) is 5.86. The van der Waals surface area contributed by atoms with Gasteiger partial charge in [0, 0.05) is 11.6 Å². The van der Waals surface area contributed by atoms with Gasteiger partial charge in [0.05, 0.1) is 30.1 Å². The zero-order valence-electron chi connectivity index (χ0n) is 14.6. The number of benzene rings is 2. The summed E-state index contributed by atoms with van der Waals surface area (Å²) < 4.78 is 6.12. The van der Waals surface area contributed by atoms with E-state index < -0.39 is 10.5 Å². The summed E-state index contributed by atoms with van der Waals surface area (Å²) in [6, 6.07) is 13.2. The molecule has 0 saturated carbocycles. The number of para-hydroxylation sites is 1. The van der Waals surface area contributed by atoms with Crippen molar-refractivity contribution in [2.75, 3.05) is 12.5 Å². The molecule has 3 aromatic rings. The van der Waals surface area contributed by atoms with Gasteiger partial charge in [0.25, 0.3) is 5.56 Å². The Bertz CT molecular complexity index is 1100. The smallest absolute Gasteiger partial charge is 0.311 e. The maximum absolute atomic E-state index is 12.4. The predicted octanol–water partition coefficient (Wildman–Crippen LogP) is 3.25. The van der Waals surface area contributed by atoms with Gasteiger partial charge >= 0.3 is 5.69 Å². The van der Waals surface area contributed by atoms with Crippen molar-refractivity contribution in [2.45, 2.75) is 0 Å². The number of nitro groups is 1. The molecule has 0 aliphatic rings. The zero-order valence-corrected chi connectivity index (χ0v) is 15.3. The molecule has 3 rings (SSSR count). The lowest BCUT2D eigenvalue weighted by Gasteiger charge is -2.07. The number of anilines is 1. The van der Waals surface area contributed by atoms with Gasteiger partial charge in [0.2, 0.25) is 0 Å². The van der Waals surface area contributed by atoms with Crippen molar-refractivity contribution in [3.63, 3.8) is 0 Å². The Balaban J connectivity index is 1.82. The van der Waals surface area contributed by atoms with Crippen LogP contribution in [0.2, 0.25) is 5.02 Å². The highest BCUT2D eigenvalue weighted by atomic mass is 35.5. The molecule has 0 bridgehead atoms. The molecule has 0 spiro atoms. The van der Waals surface area contributed by atoms with Crippen molar-refractivity contribution in [2.24, 2.45) is 5.10 Å². The molecule has 0 radical (unpaired) electrons. The molecule has 1 aromatic heterocycles. The molecule has 0 aliphatic heterocycles. The molecule has 0 aliphatic carbocycles.